The fourth-order valence-electron chi connectivity index (χ4n) is 3.81. The van der Waals surface area contributed by atoms with E-state index < -0.39 is 18.0 Å². The van der Waals surface area contributed by atoms with Crippen molar-refractivity contribution >= 4 is 35.4 Å². The van der Waals surface area contributed by atoms with E-state index in [1.165, 1.54) is 31.2 Å². The van der Waals surface area contributed by atoms with Crippen LogP contribution in [0, 0.1) is 0 Å². The number of carbonyl (C=O) groups excluding carboxylic acids is 2. The maximum Gasteiger partial charge on any atom is 0.411 e. The molecule has 0 saturated heterocycles. The van der Waals surface area contributed by atoms with Crippen LogP contribution in [0.5, 0.6) is 0 Å². The van der Waals surface area contributed by atoms with E-state index in [1.807, 2.05) is 6.07 Å². The highest BCUT2D eigenvalue weighted by atomic mass is 16.5. The van der Waals surface area contributed by atoms with E-state index in [9.17, 15) is 19.5 Å². The Morgan fingerprint density at radius 1 is 1.15 bits per heavy atom. The Balaban J connectivity index is 0.000000440. The first-order valence-corrected chi connectivity index (χ1v) is 10.9. The van der Waals surface area contributed by atoms with Crippen molar-refractivity contribution in [1.82, 2.24) is 0 Å². The summed E-state index contributed by atoms with van der Waals surface area (Å²) >= 11 is 0. The van der Waals surface area contributed by atoms with Gasteiger partial charge in [-0.2, -0.15) is 0 Å². The number of aromatic nitrogens is 1. The molecule has 182 valence electrons. The number of hydrogen-bond acceptors (Lipinski definition) is 7. The summed E-state index contributed by atoms with van der Waals surface area (Å²) in [7, 11) is 0. The Labute approximate surface area is 197 Å². The predicted octanol–water partition coefficient (Wildman–Crippen LogP) is 1.95. The summed E-state index contributed by atoms with van der Waals surface area (Å²) in [5.41, 5.74) is 8.08. The molecule has 1 heterocycles. The fourth-order valence-corrected chi connectivity index (χ4v) is 3.81. The molecule has 0 unspecified atom stereocenters. The second kappa shape index (κ2) is 12.8. The SMILES string of the molecule is CCOC(=O)Nc1ccc(NCC2(c3ccccc3)CCCC2)[nH+]c1N.O=C([O-])/C=C/C(=O)O. The van der Waals surface area contributed by atoms with E-state index in [-0.39, 0.29) is 5.41 Å². The third-order valence-corrected chi connectivity index (χ3v) is 5.41. The van der Waals surface area contributed by atoms with Crippen molar-refractivity contribution in [2.24, 2.45) is 0 Å². The first-order chi connectivity index (χ1) is 16.3. The molecule has 1 saturated carbocycles. The highest BCUT2D eigenvalue weighted by molar-refractivity contribution is 5.88. The summed E-state index contributed by atoms with van der Waals surface area (Å²) in [5.74, 6) is -1.58. The molecule has 1 fully saturated rings. The van der Waals surface area contributed by atoms with Gasteiger partial charge in [0, 0.05) is 17.6 Å². The predicted molar refractivity (Wildman–Crippen MR) is 125 cm³/mol. The monoisotopic (exact) mass is 470 g/mol. The number of aliphatic carboxylic acids is 2. The van der Waals surface area contributed by atoms with Gasteiger partial charge in [0.15, 0.2) is 0 Å². The molecule has 1 aromatic carbocycles. The third kappa shape index (κ3) is 8.12. The Morgan fingerprint density at radius 2 is 1.82 bits per heavy atom. The van der Waals surface area contributed by atoms with Crippen molar-refractivity contribution in [2.45, 2.75) is 38.0 Å². The van der Waals surface area contributed by atoms with Crippen molar-refractivity contribution in [3.63, 3.8) is 0 Å². The lowest BCUT2D eigenvalue weighted by atomic mass is 9.79. The average molecular weight is 471 g/mol. The van der Waals surface area contributed by atoms with E-state index in [0.717, 1.165) is 12.4 Å². The number of nitrogens with one attached hydrogen (secondary N) is 3. The minimum Gasteiger partial charge on any atom is -0.545 e. The number of carboxylic acid groups (broad SMARTS) is 2. The number of amides is 1. The lowest BCUT2D eigenvalue weighted by Crippen LogP contribution is -2.33. The zero-order chi connectivity index (χ0) is 25.0. The van der Waals surface area contributed by atoms with Crippen LogP contribution in [0.15, 0.2) is 54.6 Å². The molecule has 1 aliphatic carbocycles. The maximum atomic E-state index is 11.5. The standard InChI is InChI=1S/C20H26N4O2.C4H4O4/c1-2-26-19(25)23-16-10-11-17(24-18(16)21)22-14-20(12-6-7-13-20)15-8-4-3-5-9-15;5-3(6)1-2-4(7)8/h3-5,8-11H,2,6-7,12-14H2,1H3,(H,23,25)(H3,21,22,24);1-2H,(H,5,6)(H,7,8)/b;2-1+. The number of nitrogen functional groups attached to an aromatic ring is 1. The Hall–Kier alpha value is -4.08. The molecule has 3 rings (SSSR count). The van der Waals surface area contributed by atoms with Crippen LogP contribution < -0.4 is 26.5 Å². The number of carboxylic acids is 2. The zero-order valence-electron chi connectivity index (χ0n) is 19.0. The van der Waals surface area contributed by atoms with Gasteiger partial charge in [0.1, 0.15) is 5.69 Å². The van der Waals surface area contributed by atoms with Gasteiger partial charge < -0.3 is 30.8 Å². The van der Waals surface area contributed by atoms with Crippen LogP contribution >= 0.6 is 0 Å². The minimum absolute atomic E-state index is 0.158. The molecule has 0 atom stereocenters. The highest BCUT2D eigenvalue weighted by Crippen LogP contribution is 2.41. The van der Waals surface area contributed by atoms with Crippen molar-refractivity contribution in [3.8, 4) is 0 Å². The van der Waals surface area contributed by atoms with Gasteiger partial charge in [0.25, 0.3) is 0 Å². The van der Waals surface area contributed by atoms with E-state index >= 15 is 0 Å². The van der Waals surface area contributed by atoms with Gasteiger partial charge in [-0.05, 0) is 37.5 Å². The number of nitrogens with two attached hydrogens (primary N) is 1. The van der Waals surface area contributed by atoms with E-state index in [0.29, 0.717) is 30.3 Å². The molecule has 34 heavy (non-hydrogen) atoms. The first-order valence-electron chi connectivity index (χ1n) is 10.9. The van der Waals surface area contributed by atoms with Crippen LogP contribution in [0.1, 0.15) is 38.2 Å². The number of benzene rings is 1. The Morgan fingerprint density at radius 3 is 2.35 bits per heavy atom. The van der Waals surface area contributed by atoms with Crippen molar-refractivity contribution < 1.29 is 34.3 Å². The quantitative estimate of drug-likeness (QED) is 0.425. The van der Waals surface area contributed by atoms with Crippen molar-refractivity contribution in [1.29, 1.82) is 0 Å². The number of ether oxygens (including phenoxy) is 1. The zero-order valence-corrected chi connectivity index (χ0v) is 19.0. The molecule has 0 bridgehead atoms. The molecule has 0 spiro atoms. The van der Waals surface area contributed by atoms with Crippen LogP contribution in [0.2, 0.25) is 0 Å². The number of pyridine rings is 1. The molecular formula is C24H30N4O6. The molecule has 2 aromatic rings. The number of carbonyl (C=O) groups is 3. The molecule has 1 amide bonds. The van der Waals surface area contributed by atoms with Gasteiger partial charge in [-0.15, -0.1) is 0 Å². The lowest BCUT2D eigenvalue weighted by Gasteiger charge is -2.28. The molecule has 0 radical (unpaired) electrons. The topological polar surface area (TPSA) is 168 Å². The van der Waals surface area contributed by atoms with E-state index in [2.05, 4.69) is 45.9 Å². The summed E-state index contributed by atoms with van der Waals surface area (Å²) in [5, 5.41) is 23.3. The van der Waals surface area contributed by atoms with Crippen molar-refractivity contribution in [3.05, 3.63) is 60.2 Å². The van der Waals surface area contributed by atoms with E-state index in [4.69, 9.17) is 15.6 Å². The summed E-state index contributed by atoms with van der Waals surface area (Å²) in [6.07, 6.45) is 5.31. The largest absolute Gasteiger partial charge is 0.545 e. The van der Waals surface area contributed by atoms with Crippen molar-refractivity contribution in [2.75, 3.05) is 29.5 Å². The maximum absolute atomic E-state index is 11.5. The Kier molecular flexibility index (Phi) is 9.88. The lowest BCUT2D eigenvalue weighted by molar-refractivity contribution is -0.342. The number of rotatable bonds is 8. The van der Waals surface area contributed by atoms with Gasteiger partial charge in [0.2, 0.25) is 11.6 Å². The number of hydrogen-bond donors (Lipinski definition) is 4. The van der Waals surface area contributed by atoms with Crippen LogP contribution in [-0.4, -0.2) is 36.3 Å². The molecule has 0 aliphatic heterocycles. The van der Waals surface area contributed by atoms with Gasteiger partial charge >= 0.3 is 12.1 Å². The summed E-state index contributed by atoms with van der Waals surface area (Å²) in [6.45, 7) is 2.92. The van der Waals surface area contributed by atoms with Crippen LogP contribution in [-0.2, 0) is 19.7 Å². The fraction of sp³-hybridized carbons (Fsp3) is 0.333. The van der Waals surface area contributed by atoms with Gasteiger partial charge in [-0.1, -0.05) is 43.2 Å². The molecular weight excluding hydrogens is 440 g/mol. The number of H-pyrrole nitrogens is 1. The number of aromatic amines is 1. The van der Waals surface area contributed by atoms with Gasteiger partial charge in [-0.25, -0.2) is 14.6 Å². The van der Waals surface area contributed by atoms with E-state index in [1.54, 1.807) is 13.0 Å². The molecule has 1 aromatic heterocycles. The second-order valence-electron chi connectivity index (χ2n) is 7.74. The molecule has 6 N–H and O–H groups in total. The van der Waals surface area contributed by atoms with Crippen LogP contribution in [0.4, 0.5) is 22.1 Å². The number of anilines is 3. The average Bonchev–Trinajstić information content (AvgIpc) is 3.29. The third-order valence-electron chi connectivity index (χ3n) is 5.41. The molecule has 1 aliphatic rings. The summed E-state index contributed by atoms with van der Waals surface area (Å²) < 4.78 is 4.87. The van der Waals surface area contributed by atoms with Crippen LogP contribution in [0.3, 0.4) is 0 Å². The van der Waals surface area contributed by atoms with Gasteiger partial charge in [0.05, 0.1) is 19.1 Å². The second-order valence-corrected chi connectivity index (χ2v) is 7.74. The molecule has 10 nitrogen and oxygen atoms in total. The smallest absolute Gasteiger partial charge is 0.411 e. The summed E-state index contributed by atoms with van der Waals surface area (Å²) in [6, 6.07) is 14.4. The Bertz CT molecular complexity index is 988. The normalized spacial score (nSPS) is 14.0. The highest BCUT2D eigenvalue weighted by Gasteiger charge is 2.36. The molecule has 10 heteroatoms. The van der Waals surface area contributed by atoms with Gasteiger partial charge in [-0.3, -0.25) is 5.32 Å². The minimum atomic E-state index is -1.51. The first kappa shape index (κ1) is 26.2. The van der Waals surface area contributed by atoms with Crippen LogP contribution in [0.25, 0.3) is 0 Å². The summed E-state index contributed by atoms with van der Waals surface area (Å²) in [4.78, 5) is 33.6.